The van der Waals surface area contributed by atoms with E-state index in [1.165, 1.54) is 5.56 Å². The summed E-state index contributed by atoms with van der Waals surface area (Å²) in [5.74, 6) is 0.407. The van der Waals surface area contributed by atoms with Crippen LogP contribution in [0.5, 0.6) is 0 Å². The Balaban J connectivity index is 0.00000200. The van der Waals surface area contributed by atoms with Crippen molar-refractivity contribution in [2.75, 3.05) is 20.1 Å². The highest BCUT2D eigenvalue weighted by Gasteiger charge is 2.27. The number of benzene rings is 1. The summed E-state index contributed by atoms with van der Waals surface area (Å²) in [5, 5.41) is 3.99. The van der Waals surface area contributed by atoms with E-state index in [0.29, 0.717) is 0 Å². The molecule has 1 aromatic carbocycles. The number of halogens is 2. The predicted molar refractivity (Wildman–Crippen MR) is 85.6 cm³/mol. The molecule has 1 N–H and O–H groups in total. The molecule has 2 atom stereocenters. The highest BCUT2D eigenvalue weighted by Crippen LogP contribution is 2.16. The Morgan fingerprint density at radius 3 is 2.65 bits per heavy atom. The average Bonchev–Trinajstić information content (AvgIpc) is 2.93. The molecule has 0 spiro atoms. The van der Waals surface area contributed by atoms with Gasteiger partial charge in [0.15, 0.2) is 0 Å². The van der Waals surface area contributed by atoms with Crippen molar-refractivity contribution >= 4 is 29.9 Å². The molecule has 1 aliphatic rings. The Bertz CT molecular complexity index is 430. The zero-order valence-corrected chi connectivity index (χ0v) is 13.5. The third-order valence-electron chi connectivity index (χ3n) is 3.86. The van der Waals surface area contributed by atoms with Gasteiger partial charge >= 0.3 is 0 Å². The molecule has 0 bridgehead atoms. The van der Waals surface area contributed by atoms with Gasteiger partial charge in [0.05, 0.1) is 5.92 Å². The summed E-state index contributed by atoms with van der Waals surface area (Å²) in [6.07, 6.45) is 1.82. The van der Waals surface area contributed by atoms with Gasteiger partial charge in [0.2, 0.25) is 5.91 Å². The summed E-state index contributed by atoms with van der Waals surface area (Å²) in [4.78, 5) is 14.2. The van der Waals surface area contributed by atoms with Gasteiger partial charge in [-0.3, -0.25) is 4.79 Å². The predicted octanol–water partition coefficient (Wildman–Crippen LogP) is 2.76. The molecule has 1 heterocycles. The van der Waals surface area contributed by atoms with E-state index in [1.54, 1.807) is 0 Å². The largest absolute Gasteiger partial charge is 0.342 e. The van der Waals surface area contributed by atoms with Gasteiger partial charge in [-0.2, -0.15) is 0 Å². The fourth-order valence-corrected chi connectivity index (χ4v) is 2.60. The number of hydrogen-bond acceptors (Lipinski definition) is 2. The Morgan fingerprint density at radius 1 is 1.45 bits per heavy atom. The molecule has 2 unspecified atom stereocenters. The molecular weight excluding hydrogens is 295 g/mol. The van der Waals surface area contributed by atoms with E-state index < -0.39 is 0 Å². The van der Waals surface area contributed by atoms with Crippen LogP contribution < -0.4 is 5.32 Å². The van der Waals surface area contributed by atoms with Crippen LogP contribution in [0.15, 0.2) is 24.3 Å². The number of likely N-dealkylation sites (N-methyl/N-ethyl adjacent to an activating group) is 1. The van der Waals surface area contributed by atoms with E-state index in [2.05, 4.69) is 12.2 Å². The van der Waals surface area contributed by atoms with Gasteiger partial charge in [-0.1, -0.05) is 23.7 Å². The zero-order valence-electron chi connectivity index (χ0n) is 11.9. The maximum Gasteiger partial charge on any atom is 0.227 e. The van der Waals surface area contributed by atoms with Crippen LogP contribution in [0.1, 0.15) is 18.9 Å². The number of amides is 1. The SMILES string of the molecule is CC(Cc1ccc(Cl)cc1)N(C)C(=O)C1CCNC1.Cl. The third kappa shape index (κ3) is 4.37. The normalized spacial score (nSPS) is 19.2. The summed E-state index contributed by atoms with van der Waals surface area (Å²) < 4.78 is 0. The molecule has 1 aromatic rings. The van der Waals surface area contributed by atoms with Crippen LogP contribution in [0.2, 0.25) is 5.02 Å². The van der Waals surface area contributed by atoms with Crippen LogP contribution in [0.4, 0.5) is 0 Å². The number of nitrogens with zero attached hydrogens (tertiary/aromatic N) is 1. The van der Waals surface area contributed by atoms with Crippen LogP contribution in [0.3, 0.4) is 0 Å². The number of nitrogens with one attached hydrogen (secondary N) is 1. The van der Waals surface area contributed by atoms with E-state index in [-0.39, 0.29) is 30.3 Å². The Hall–Kier alpha value is -0.770. The third-order valence-corrected chi connectivity index (χ3v) is 4.11. The standard InChI is InChI=1S/C15H21ClN2O.ClH/c1-11(9-12-3-5-14(16)6-4-12)18(2)15(19)13-7-8-17-10-13;/h3-6,11,13,17H,7-10H2,1-2H3;1H. The highest BCUT2D eigenvalue weighted by molar-refractivity contribution is 6.30. The van der Waals surface area contributed by atoms with Crippen molar-refractivity contribution in [3.63, 3.8) is 0 Å². The molecule has 0 saturated carbocycles. The lowest BCUT2D eigenvalue weighted by atomic mass is 10.0. The molecule has 0 aliphatic carbocycles. The molecule has 20 heavy (non-hydrogen) atoms. The Kier molecular flexibility index (Phi) is 6.80. The van der Waals surface area contributed by atoms with Gasteiger partial charge in [0.25, 0.3) is 0 Å². The fourth-order valence-electron chi connectivity index (χ4n) is 2.47. The molecule has 2 rings (SSSR count). The second kappa shape index (κ2) is 7.87. The van der Waals surface area contributed by atoms with Crippen molar-refractivity contribution in [1.82, 2.24) is 10.2 Å². The summed E-state index contributed by atoms with van der Waals surface area (Å²) in [7, 11) is 1.90. The molecule has 5 heteroatoms. The van der Waals surface area contributed by atoms with Gasteiger partial charge < -0.3 is 10.2 Å². The van der Waals surface area contributed by atoms with Crippen LogP contribution in [0, 0.1) is 5.92 Å². The van der Waals surface area contributed by atoms with E-state index in [4.69, 9.17) is 11.6 Å². The van der Waals surface area contributed by atoms with Crippen molar-refractivity contribution in [2.24, 2.45) is 5.92 Å². The van der Waals surface area contributed by atoms with Crippen LogP contribution >= 0.6 is 24.0 Å². The molecule has 0 aromatic heterocycles. The molecular formula is C15H22Cl2N2O. The first-order valence-corrected chi connectivity index (χ1v) is 7.17. The van der Waals surface area contributed by atoms with Gasteiger partial charge in [-0.15, -0.1) is 12.4 Å². The maximum atomic E-state index is 12.3. The smallest absolute Gasteiger partial charge is 0.227 e. The number of rotatable bonds is 4. The molecule has 1 amide bonds. The van der Waals surface area contributed by atoms with Crippen molar-refractivity contribution in [3.05, 3.63) is 34.9 Å². The van der Waals surface area contributed by atoms with Crippen LogP contribution in [0.25, 0.3) is 0 Å². The van der Waals surface area contributed by atoms with Gasteiger partial charge in [-0.25, -0.2) is 0 Å². The summed E-state index contributed by atoms with van der Waals surface area (Å²) >= 11 is 5.88. The van der Waals surface area contributed by atoms with Gasteiger partial charge in [0.1, 0.15) is 0 Å². The minimum Gasteiger partial charge on any atom is -0.342 e. The molecule has 3 nitrogen and oxygen atoms in total. The van der Waals surface area contributed by atoms with Crippen molar-refractivity contribution in [2.45, 2.75) is 25.8 Å². The average molecular weight is 317 g/mol. The first kappa shape index (κ1) is 17.3. The van der Waals surface area contributed by atoms with Crippen molar-refractivity contribution < 1.29 is 4.79 Å². The fraction of sp³-hybridized carbons (Fsp3) is 0.533. The Morgan fingerprint density at radius 2 is 2.10 bits per heavy atom. The summed E-state index contributed by atoms with van der Waals surface area (Å²) in [6.45, 7) is 3.86. The van der Waals surface area contributed by atoms with E-state index in [1.807, 2.05) is 36.2 Å². The minimum atomic E-state index is 0. The van der Waals surface area contributed by atoms with Crippen molar-refractivity contribution in [3.8, 4) is 0 Å². The molecule has 0 radical (unpaired) electrons. The first-order chi connectivity index (χ1) is 9.08. The van der Waals surface area contributed by atoms with Crippen molar-refractivity contribution in [1.29, 1.82) is 0 Å². The molecule has 1 saturated heterocycles. The quantitative estimate of drug-likeness (QED) is 0.926. The summed E-state index contributed by atoms with van der Waals surface area (Å²) in [5.41, 5.74) is 1.21. The highest BCUT2D eigenvalue weighted by atomic mass is 35.5. The van der Waals surface area contributed by atoms with E-state index >= 15 is 0 Å². The lowest BCUT2D eigenvalue weighted by Gasteiger charge is -2.27. The summed E-state index contributed by atoms with van der Waals surface area (Å²) in [6, 6.07) is 8.04. The second-order valence-electron chi connectivity index (χ2n) is 5.32. The first-order valence-electron chi connectivity index (χ1n) is 6.79. The lowest BCUT2D eigenvalue weighted by Crippen LogP contribution is -2.40. The zero-order chi connectivity index (χ0) is 13.8. The topological polar surface area (TPSA) is 32.3 Å². The van der Waals surface area contributed by atoms with Gasteiger partial charge in [-0.05, 0) is 44.0 Å². The molecule has 112 valence electrons. The number of carbonyl (C=O) groups excluding carboxylic acids is 1. The minimum absolute atomic E-state index is 0. The Labute approximate surface area is 132 Å². The van der Waals surface area contributed by atoms with Crippen LogP contribution in [-0.4, -0.2) is 37.0 Å². The molecule has 1 aliphatic heterocycles. The van der Waals surface area contributed by atoms with E-state index in [9.17, 15) is 4.79 Å². The van der Waals surface area contributed by atoms with Crippen LogP contribution in [-0.2, 0) is 11.2 Å². The number of carbonyl (C=O) groups is 1. The maximum absolute atomic E-state index is 12.3. The van der Waals surface area contributed by atoms with Gasteiger partial charge in [0, 0.05) is 24.7 Å². The van der Waals surface area contributed by atoms with E-state index in [0.717, 1.165) is 31.0 Å². The lowest BCUT2D eigenvalue weighted by molar-refractivity contribution is -0.135. The number of hydrogen-bond donors (Lipinski definition) is 1. The molecule has 1 fully saturated rings. The monoisotopic (exact) mass is 316 g/mol. The second-order valence-corrected chi connectivity index (χ2v) is 5.75.